The van der Waals surface area contributed by atoms with Crippen molar-refractivity contribution >= 4 is 27.6 Å². The van der Waals surface area contributed by atoms with Crippen LogP contribution in [-0.4, -0.2) is 6.03 Å². The van der Waals surface area contributed by atoms with E-state index in [2.05, 4.69) is 38.7 Å². The molecule has 0 aromatic heterocycles. The molecule has 2 N–H and O–H groups in total. The molecule has 0 saturated heterocycles. The topological polar surface area (TPSA) is 41.1 Å². The van der Waals surface area contributed by atoms with Gasteiger partial charge in [-0.3, -0.25) is 0 Å². The van der Waals surface area contributed by atoms with Gasteiger partial charge in [-0.2, -0.15) is 0 Å². The lowest BCUT2D eigenvalue weighted by Gasteiger charge is -2.19. The largest absolute Gasteiger partial charge is 0.331 e. The van der Waals surface area contributed by atoms with Gasteiger partial charge in [0, 0.05) is 10.2 Å². The van der Waals surface area contributed by atoms with Crippen molar-refractivity contribution in [2.75, 3.05) is 5.32 Å². The average molecular weight is 359 g/mol. The number of amides is 2. The van der Waals surface area contributed by atoms with Gasteiger partial charge in [0.15, 0.2) is 0 Å². The summed E-state index contributed by atoms with van der Waals surface area (Å²) in [5.74, 6) is 0.555. The lowest BCUT2D eigenvalue weighted by atomic mass is 10.0. The van der Waals surface area contributed by atoms with Crippen LogP contribution in [0.15, 0.2) is 53.0 Å². The normalized spacial score (nSPS) is 15.2. The fraction of sp³-hybridized carbons (Fsp3) is 0.278. The second-order valence-electron chi connectivity index (χ2n) is 5.78. The molecule has 3 rings (SSSR count). The van der Waals surface area contributed by atoms with Crippen LogP contribution < -0.4 is 10.6 Å². The van der Waals surface area contributed by atoms with E-state index in [-0.39, 0.29) is 12.1 Å². The minimum atomic E-state index is -0.147. The van der Waals surface area contributed by atoms with Crippen LogP contribution in [-0.2, 0) is 0 Å². The second-order valence-corrected chi connectivity index (χ2v) is 6.70. The summed E-state index contributed by atoms with van der Waals surface area (Å²) >= 11 is 3.43. The van der Waals surface area contributed by atoms with Gasteiger partial charge < -0.3 is 10.6 Å². The number of nitrogens with one attached hydrogen (secondary N) is 2. The van der Waals surface area contributed by atoms with E-state index < -0.39 is 0 Å². The average Bonchev–Trinajstić information content (AvgIpc) is 3.33. The first-order valence-electron chi connectivity index (χ1n) is 7.52. The molecule has 1 atom stereocenters. The molecule has 0 aliphatic heterocycles. The quantitative estimate of drug-likeness (QED) is 0.790. The van der Waals surface area contributed by atoms with Gasteiger partial charge in [-0.1, -0.05) is 46.3 Å². The highest BCUT2D eigenvalue weighted by molar-refractivity contribution is 9.10. The predicted octanol–water partition coefficient (Wildman–Crippen LogP) is 5.03. The first-order chi connectivity index (χ1) is 10.6. The lowest BCUT2D eigenvalue weighted by molar-refractivity contribution is 0.247. The first-order valence-corrected chi connectivity index (χ1v) is 8.31. The van der Waals surface area contributed by atoms with E-state index in [1.54, 1.807) is 0 Å². The van der Waals surface area contributed by atoms with Crippen LogP contribution in [0.1, 0.15) is 30.0 Å². The minimum absolute atomic E-state index is 0.0944. The number of hydrogen-bond donors (Lipinski definition) is 2. The van der Waals surface area contributed by atoms with Crippen molar-refractivity contribution in [1.82, 2.24) is 5.32 Å². The van der Waals surface area contributed by atoms with Crippen LogP contribution in [0.5, 0.6) is 0 Å². The Kier molecular flexibility index (Phi) is 4.48. The zero-order chi connectivity index (χ0) is 15.5. The van der Waals surface area contributed by atoms with Crippen LogP contribution in [0.25, 0.3) is 0 Å². The summed E-state index contributed by atoms with van der Waals surface area (Å²) in [6.07, 6.45) is 2.36. The van der Waals surface area contributed by atoms with Crippen molar-refractivity contribution in [3.8, 4) is 0 Å². The summed E-state index contributed by atoms with van der Waals surface area (Å²) in [6, 6.07) is 16.0. The van der Waals surface area contributed by atoms with Crippen molar-refractivity contribution in [3.63, 3.8) is 0 Å². The van der Waals surface area contributed by atoms with E-state index in [1.165, 1.54) is 18.4 Å². The molecule has 1 saturated carbocycles. The Morgan fingerprint density at radius 3 is 2.55 bits per heavy atom. The Hall–Kier alpha value is -1.81. The van der Waals surface area contributed by atoms with Gasteiger partial charge in [0.1, 0.15) is 0 Å². The highest BCUT2D eigenvalue weighted by Crippen LogP contribution is 2.40. The molecule has 114 valence electrons. The van der Waals surface area contributed by atoms with E-state index in [1.807, 2.05) is 43.3 Å². The van der Waals surface area contributed by atoms with Crippen molar-refractivity contribution in [3.05, 3.63) is 64.1 Å². The van der Waals surface area contributed by atoms with Crippen molar-refractivity contribution < 1.29 is 4.79 Å². The van der Waals surface area contributed by atoms with E-state index in [9.17, 15) is 4.79 Å². The molecule has 2 aromatic rings. The van der Waals surface area contributed by atoms with Crippen molar-refractivity contribution in [1.29, 1.82) is 0 Å². The molecular formula is C18H19BrN2O. The van der Waals surface area contributed by atoms with Crippen molar-refractivity contribution in [2.45, 2.75) is 25.8 Å². The Morgan fingerprint density at radius 2 is 1.91 bits per heavy atom. The summed E-state index contributed by atoms with van der Waals surface area (Å²) in [6.45, 7) is 1.98. The van der Waals surface area contributed by atoms with E-state index in [0.29, 0.717) is 5.92 Å². The zero-order valence-corrected chi connectivity index (χ0v) is 14.1. The Morgan fingerprint density at radius 1 is 1.18 bits per heavy atom. The van der Waals surface area contributed by atoms with Crippen LogP contribution in [0.3, 0.4) is 0 Å². The zero-order valence-electron chi connectivity index (χ0n) is 12.5. The summed E-state index contributed by atoms with van der Waals surface area (Å²) < 4.78 is 1.01. The first kappa shape index (κ1) is 15.1. The highest BCUT2D eigenvalue weighted by atomic mass is 79.9. The smallest absolute Gasteiger partial charge is 0.319 e. The number of aryl methyl sites for hydroxylation is 1. The van der Waals surface area contributed by atoms with Gasteiger partial charge in [0.25, 0.3) is 0 Å². The molecule has 1 unspecified atom stereocenters. The number of hydrogen-bond acceptors (Lipinski definition) is 1. The number of benzene rings is 2. The molecule has 0 spiro atoms. The van der Waals surface area contributed by atoms with E-state index in [0.717, 1.165) is 15.7 Å². The molecule has 1 fully saturated rings. The number of rotatable bonds is 4. The number of anilines is 1. The standard InChI is InChI=1S/C18H19BrN2O/c1-12-11-15(19)9-10-16(12)20-18(22)21-17(14-7-8-14)13-5-3-2-4-6-13/h2-6,9-11,14,17H,7-8H2,1H3,(H2,20,21,22). The molecule has 1 aliphatic carbocycles. The summed E-state index contributed by atoms with van der Waals surface area (Å²) in [7, 11) is 0. The monoisotopic (exact) mass is 358 g/mol. The Bertz CT molecular complexity index is 668. The number of halogens is 1. The van der Waals surface area contributed by atoms with Gasteiger partial charge in [0.05, 0.1) is 6.04 Å². The predicted molar refractivity (Wildman–Crippen MR) is 92.9 cm³/mol. The van der Waals surface area contributed by atoms with Crippen LogP contribution >= 0.6 is 15.9 Å². The third-order valence-corrected chi connectivity index (χ3v) is 4.47. The maximum atomic E-state index is 12.3. The van der Waals surface area contributed by atoms with Crippen molar-refractivity contribution in [2.24, 2.45) is 5.92 Å². The van der Waals surface area contributed by atoms with E-state index in [4.69, 9.17) is 0 Å². The summed E-state index contributed by atoms with van der Waals surface area (Å²) in [4.78, 5) is 12.3. The second kappa shape index (κ2) is 6.53. The molecule has 0 heterocycles. The molecular weight excluding hydrogens is 340 g/mol. The molecule has 3 nitrogen and oxygen atoms in total. The molecule has 2 amide bonds. The van der Waals surface area contributed by atoms with Crippen LogP contribution in [0.4, 0.5) is 10.5 Å². The third-order valence-electron chi connectivity index (χ3n) is 3.98. The number of carbonyl (C=O) groups is 1. The lowest BCUT2D eigenvalue weighted by Crippen LogP contribution is -2.33. The maximum absolute atomic E-state index is 12.3. The summed E-state index contributed by atoms with van der Waals surface area (Å²) in [5, 5.41) is 6.07. The van der Waals surface area contributed by atoms with E-state index >= 15 is 0 Å². The fourth-order valence-corrected chi connectivity index (χ4v) is 3.11. The van der Waals surface area contributed by atoms with Gasteiger partial charge in [0.2, 0.25) is 0 Å². The highest BCUT2D eigenvalue weighted by Gasteiger charge is 2.33. The number of carbonyl (C=O) groups excluding carboxylic acids is 1. The molecule has 1 aliphatic rings. The van der Waals surface area contributed by atoms with Crippen LogP contribution in [0, 0.1) is 12.8 Å². The van der Waals surface area contributed by atoms with Crippen LogP contribution in [0.2, 0.25) is 0 Å². The van der Waals surface area contributed by atoms with Gasteiger partial charge in [-0.15, -0.1) is 0 Å². The molecule has 0 bridgehead atoms. The van der Waals surface area contributed by atoms with Gasteiger partial charge >= 0.3 is 6.03 Å². The Labute approximate surface area is 139 Å². The van der Waals surface area contributed by atoms with Gasteiger partial charge in [-0.05, 0) is 55.0 Å². The van der Waals surface area contributed by atoms with Gasteiger partial charge in [-0.25, -0.2) is 4.79 Å². The molecule has 0 radical (unpaired) electrons. The fourth-order valence-electron chi connectivity index (χ4n) is 2.63. The summed E-state index contributed by atoms with van der Waals surface area (Å²) in [5.41, 5.74) is 3.04. The molecule has 2 aromatic carbocycles. The third kappa shape index (κ3) is 3.69. The Balaban J connectivity index is 1.69. The number of urea groups is 1. The molecule has 4 heteroatoms. The minimum Gasteiger partial charge on any atom is -0.331 e. The SMILES string of the molecule is Cc1cc(Br)ccc1NC(=O)NC(c1ccccc1)C1CC1. The molecule has 22 heavy (non-hydrogen) atoms. The maximum Gasteiger partial charge on any atom is 0.319 e.